The molecule has 0 N–H and O–H groups in total. The third-order valence-electron chi connectivity index (χ3n) is 4.42. The van der Waals surface area contributed by atoms with Crippen molar-refractivity contribution in [2.24, 2.45) is 0 Å². The Balaban J connectivity index is 1.99. The predicted octanol–water partition coefficient (Wildman–Crippen LogP) is 1.47. The molecular formula is C16H26N4O2. The average Bonchev–Trinajstić information content (AvgIpc) is 2.86. The highest BCUT2D eigenvalue weighted by atomic mass is 16.5. The third kappa shape index (κ3) is 2.77. The van der Waals surface area contributed by atoms with Crippen molar-refractivity contribution in [2.45, 2.75) is 39.2 Å². The molecule has 0 aliphatic carbocycles. The predicted molar refractivity (Wildman–Crippen MR) is 84.2 cm³/mol. The summed E-state index contributed by atoms with van der Waals surface area (Å²) in [5.74, 6) is 0. The van der Waals surface area contributed by atoms with E-state index >= 15 is 0 Å². The fraction of sp³-hybridized carbons (Fsp3) is 0.750. The topological polar surface area (TPSA) is 50.6 Å². The number of fused-ring (bicyclic) bond motifs is 1. The van der Waals surface area contributed by atoms with Gasteiger partial charge in [-0.1, -0.05) is 20.8 Å². The van der Waals surface area contributed by atoms with E-state index in [2.05, 4.69) is 32.7 Å². The Bertz CT molecular complexity index is 567. The van der Waals surface area contributed by atoms with Gasteiger partial charge in [-0.3, -0.25) is 0 Å². The third-order valence-corrected chi connectivity index (χ3v) is 4.42. The van der Waals surface area contributed by atoms with Crippen molar-refractivity contribution in [1.82, 2.24) is 19.6 Å². The molecule has 1 aromatic heterocycles. The van der Waals surface area contributed by atoms with Crippen LogP contribution in [0.1, 0.15) is 37.7 Å². The molecule has 0 atom stereocenters. The van der Waals surface area contributed by atoms with Gasteiger partial charge in [-0.2, -0.15) is 9.78 Å². The van der Waals surface area contributed by atoms with Gasteiger partial charge in [-0.25, -0.2) is 4.79 Å². The largest absolute Gasteiger partial charge is 0.378 e. The Morgan fingerprint density at radius 2 is 1.86 bits per heavy atom. The van der Waals surface area contributed by atoms with Crippen LogP contribution in [-0.4, -0.2) is 65.5 Å². The summed E-state index contributed by atoms with van der Waals surface area (Å²) in [4.78, 5) is 17.0. The lowest BCUT2D eigenvalue weighted by molar-refractivity contribution is 0.0526. The smallest absolute Gasteiger partial charge is 0.345 e. The van der Waals surface area contributed by atoms with Crippen LogP contribution < -0.4 is 0 Å². The first-order valence-corrected chi connectivity index (χ1v) is 8.05. The maximum Gasteiger partial charge on any atom is 0.345 e. The SMILES string of the molecule is CN1CCc2c(c(C(C)(C)C)nn2C(=O)N2CCOCC2)C1. The van der Waals surface area contributed by atoms with Gasteiger partial charge in [0.1, 0.15) is 0 Å². The number of nitrogens with zero attached hydrogens (tertiary/aromatic N) is 4. The standard InChI is InChI=1S/C16H26N4O2/c1-16(2,3)14-12-11-18(4)6-5-13(12)20(17-14)15(21)19-7-9-22-10-8-19/h5-11H2,1-4H3. The van der Waals surface area contributed by atoms with Gasteiger partial charge >= 0.3 is 6.03 Å². The molecular weight excluding hydrogens is 280 g/mol. The molecule has 0 spiro atoms. The molecule has 1 amide bonds. The highest BCUT2D eigenvalue weighted by molar-refractivity contribution is 5.77. The Morgan fingerprint density at radius 1 is 1.18 bits per heavy atom. The van der Waals surface area contributed by atoms with E-state index < -0.39 is 0 Å². The molecule has 6 heteroatoms. The van der Waals surface area contributed by atoms with Gasteiger partial charge in [-0.15, -0.1) is 0 Å². The molecule has 22 heavy (non-hydrogen) atoms. The zero-order chi connectivity index (χ0) is 15.9. The normalized spacial score (nSPS) is 20.1. The van der Waals surface area contributed by atoms with E-state index in [0.29, 0.717) is 26.3 Å². The second kappa shape index (κ2) is 5.66. The lowest BCUT2D eigenvalue weighted by Crippen LogP contribution is -2.44. The first-order chi connectivity index (χ1) is 10.4. The van der Waals surface area contributed by atoms with Crippen LogP contribution in [0.25, 0.3) is 0 Å². The first kappa shape index (κ1) is 15.5. The van der Waals surface area contributed by atoms with Crippen molar-refractivity contribution in [3.05, 3.63) is 17.0 Å². The number of ether oxygens (including phenoxy) is 1. The van der Waals surface area contributed by atoms with Crippen LogP contribution in [0.4, 0.5) is 4.79 Å². The molecule has 0 aromatic carbocycles. The zero-order valence-corrected chi connectivity index (χ0v) is 14.1. The maximum atomic E-state index is 12.9. The van der Waals surface area contributed by atoms with E-state index in [4.69, 9.17) is 9.84 Å². The van der Waals surface area contributed by atoms with E-state index in [1.165, 1.54) is 5.56 Å². The van der Waals surface area contributed by atoms with E-state index in [0.717, 1.165) is 30.9 Å². The molecule has 1 saturated heterocycles. The van der Waals surface area contributed by atoms with Gasteiger partial charge < -0.3 is 14.5 Å². The summed E-state index contributed by atoms with van der Waals surface area (Å²) in [6.07, 6.45) is 0.880. The number of carbonyl (C=O) groups is 1. The fourth-order valence-electron chi connectivity index (χ4n) is 3.20. The number of aromatic nitrogens is 2. The molecule has 3 rings (SSSR count). The molecule has 122 valence electrons. The van der Waals surface area contributed by atoms with Gasteiger partial charge in [0.15, 0.2) is 0 Å². The van der Waals surface area contributed by atoms with Crippen molar-refractivity contribution in [3.63, 3.8) is 0 Å². The lowest BCUT2D eigenvalue weighted by atomic mass is 9.87. The minimum Gasteiger partial charge on any atom is -0.378 e. The summed E-state index contributed by atoms with van der Waals surface area (Å²) in [5, 5.41) is 4.73. The van der Waals surface area contributed by atoms with Gasteiger partial charge in [-0.05, 0) is 7.05 Å². The van der Waals surface area contributed by atoms with Crippen LogP contribution in [0.5, 0.6) is 0 Å². The molecule has 6 nitrogen and oxygen atoms in total. The molecule has 3 heterocycles. The summed E-state index contributed by atoms with van der Waals surface area (Å²) in [7, 11) is 2.12. The molecule has 0 saturated carbocycles. The number of likely N-dealkylation sites (N-methyl/N-ethyl adjacent to an activating group) is 1. The van der Waals surface area contributed by atoms with Gasteiger partial charge in [0, 0.05) is 43.6 Å². The quantitative estimate of drug-likeness (QED) is 0.728. The number of hydrogen-bond donors (Lipinski definition) is 0. The summed E-state index contributed by atoms with van der Waals surface area (Å²) < 4.78 is 7.00. The van der Waals surface area contributed by atoms with Crippen molar-refractivity contribution in [2.75, 3.05) is 39.9 Å². The van der Waals surface area contributed by atoms with Crippen LogP contribution in [0.15, 0.2) is 0 Å². The number of carbonyl (C=O) groups excluding carboxylic acids is 1. The van der Waals surface area contributed by atoms with Gasteiger partial charge in [0.2, 0.25) is 0 Å². The van der Waals surface area contributed by atoms with Crippen LogP contribution in [0.2, 0.25) is 0 Å². The number of morpholine rings is 1. The maximum absolute atomic E-state index is 12.9. The second-order valence-corrected chi connectivity index (χ2v) is 7.31. The van der Waals surface area contributed by atoms with E-state index in [1.807, 2.05) is 4.90 Å². The van der Waals surface area contributed by atoms with Crippen LogP contribution in [0.3, 0.4) is 0 Å². The summed E-state index contributed by atoms with van der Waals surface area (Å²) in [6, 6.07) is -0.000368. The molecule has 2 aliphatic heterocycles. The van der Waals surface area contributed by atoms with Crippen LogP contribution >= 0.6 is 0 Å². The Hall–Kier alpha value is -1.40. The summed E-state index contributed by atoms with van der Waals surface area (Å²) >= 11 is 0. The highest BCUT2D eigenvalue weighted by Crippen LogP contribution is 2.30. The zero-order valence-electron chi connectivity index (χ0n) is 14.1. The Labute approximate surface area is 132 Å². The van der Waals surface area contributed by atoms with Crippen LogP contribution in [-0.2, 0) is 23.1 Å². The van der Waals surface area contributed by atoms with Gasteiger partial charge in [0.25, 0.3) is 0 Å². The van der Waals surface area contributed by atoms with Crippen molar-refractivity contribution >= 4 is 6.03 Å². The molecule has 0 bridgehead atoms. The molecule has 1 fully saturated rings. The van der Waals surface area contributed by atoms with Crippen molar-refractivity contribution < 1.29 is 9.53 Å². The first-order valence-electron chi connectivity index (χ1n) is 8.05. The monoisotopic (exact) mass is 306 g/mol. The highest BCUT2D eigenvalue weighted by Gasteiger charge is 2.32. The van der Waals surface area contributed by atoms with Gasteiger partial charge in [0.05, 0.1) is 24.6 Å². The number of hydrogen-bond acceptors (Lipinski definition) is 4. The van der Waals surface area contributed by atoms with E-state index in [-0.39, 0.29) is 11.4 Å². The molecule has 2 aliphatic rings. The number of rotatable bonds is 0. The fourth-order valence-corrected chi connectivity index (χ4v) is 3.20. The van der Waals surface area contributed by atoms with Crippen molar-refractivity contribution in [3.8, 4) is 0 Å². The van der Waals surface area contributed by atoms with Crippen LogP contribution in [0, 0.1) is 0 Å². The lowest BCUT2D eigenvalue weighted by Gasteiger charge is -2.28. The summed E-state index contributed by atoms with van der Waals surface area (Å²) in [6.45, 7) is 10.9. The second-order valence-electron chi connectivity index (χ2n) is 7.31. The number of amides is 1. The molecule has 1 aromatic rings. The molecule has 0 radical (unpaired) electrons. The molecule has 0 unspecified atom stereocenters. The minimum atomic E-state index is -0.0567. The van der Waals surface area contributed by atoms with E-state index in [9.17, 15) is 4.79 Å². The van der Waals surface area contributed by atoms with E-state index in [1.54, 1.807) is 4.68 Å². The minimum absolute atomic E-state index is 0.000368. The van der Waals surface area contributed by atoms with Crippen molar-refractivity contribution in [1.29, 1.82) is 0 Å². The Morgan fingerprint density at radius 3 is 2.50 bits per heavy atom. The average molecular weight is 306 g/mol. The summed E-state index contributed by atoms with van der Waals surface area (Å²) in [5.41, 5.74) is 3.33. The Kier molecular flexibility index (Phi) is 3.99.